The molecule has 1 aliphatic rings. The molecule has 1 unspecified atom stereocenters. The van der Waals surface area contributed by atoms with E-state index in [1.54, 1.807) is 12.1 Å². The molecule has 12 heteroatoms. The summed E-state index contributed by atoms with van der Waals surface area (Å²) < 4.78 is 38.2. The van der Waals surface area contributed by atoms with E-state index in [2.05, 4.69) is 20.0 Å². The average molecular weight is 489 g/mol. The van der Waals surface area contributed by atoms with Gasteiger partial charge in [-0.3, -0.25) is 4.90 Å². The summed E-state index contributed by atoms with van der Waals surface area (Å²) in [4.78, 5) is 21.9. The van der Waals surface area contributed by atoms with Crippen molar-refractivity contribution < 1.29 is 22.7 Å². The lowest BCUT2D eigenvalue weighted by Crippen LogP contribution is -2.31. The zero-order valence-corrected chi connectivity index (χ0v) is 20.0. The number of benzene rings is 1. The van der Waals surface area contributed by atoms with E-state index < -0.39 is 16.1 Å². The maximum atomic E-state index is 12.5. The first-order chi connectivity index (χ1) is 16.3. The highest BCUT2D eigenvalue weighted by molar-refractivity contribution is 7.89. The van der Waals surface area contributed by atoms with Gasteiger partial charge in [0, 0.05) is 25.9 Å². The molecule has 1 fully saturated rings. The van der Waals surface area contributed by atoms with Gasteiger partial charge in [-0.15, -0.1) is 0 Å². The average Bonchev–Trinajstić information content (AvgIpc) is 3.37. The fourth-order valence-electron chi connectivity index (χ4n) is 3.19. The SMILES string of the molecule is CCCCOC(=O)N(C)c1nc(Nc2ccc(S(=O)(=O)NCC3CCCO3)cc2)ncc1C#N. The molecular formula is C22H28N6O5S. The van der Waals surface area contributed by atoms with Crippen molar-refractivity contribution >= 4 is 33.6 Å². The van der Waals surface area contributed by atoms with E-state index in [1.807, 2.05) is 13.0 Å². The molecule has 1 aromatic heterocycles. The van der Waals surface area contributed by atoms with Crippen LogP contribution < -0.4 is 14.9 Å². The summed E-state index contributed by atoms with van der Waals surface area (Å²) in [5, 5.41) is 12.3. The number of nitriles is 1. The first-order valence-corrected chi connectivity index (χ1v) is 12.5. The summed E-state index contributed by atoms with van der Waals surface area (Å²) in [6.45, 7) is 3.15. The first-order valence-electron chi connectivity index (χ1n) is 11.0. The van der Waals surface area contributed by atoms with Gasteiger partial charge in [0.05, 0.1) is 23.8 Å². The lowest BCUT2D eigenvalue weighted by Gasteiger charge is -2.18. The van der Waals surface area contributed by atoms with Crippen LogP contribution in [0.2, 0.25) is 0 Å². The van der Waals surface area contributed by atoms with Crippen molar-refractivity contribution in [2.75, 3.05) is 37.0 Å². The first kappa shape index (κ1) is 25.4. The molecule has 2 aromatic rings. The quantitative estimate of drug-likeness (QED) is 0.482. The Hall–Kier alpha value is -3.27. The van der Waals surface area contributed by atoms with Gasteiger partial charge in [0.25, 0.3) is 0 Å². The van der Waals surface area contributed by atoms with E-state index in [-0.39, 0.29) is 41.5 Å². The predicted molar refractivity (Wildman–Crippen MR) is 125 cm³/mol. The number of unbranched alkanes of at least 4 members (excludes halogenated alkanes) is 1. The van der Waals surface area contributed by atoms with Crippen LogP contribution in [-0.2, 0) is 19.5 Å². The Morgan fingerprint density at radius 1 is 1.35 bits per heavy atom. The molecule has 0 bridgehead atoms. The van der Waals surface area contributed by atoms with Crippen LogP contribution in [0.4, 0.5) is 22.2 Å². The molecule has 1 aromatic carbocycles. The Morgan fingerprint density at radius 2 is 2.12 bits per heavy atom. The summed E-state index contributed by atoms with van der Waals surface area (Å²) in [5.74, 6) is 0.230. The van der Waals surface area contributed by atoms with Crippen molar-refractivity contribution in [1.29, 1.82) is 5.26 Å². The van der Waals surface area contributed by atoms with Crippen molar-refractivity contribution in [3.05, 3.63) is 36.0 Å². The molecule has 0 aliphatic carbocycles. The Balaban J connectivity index is 1.68. The molecule has 1 aliphatic heterocycles. The number of carbonyl (C=O) groups excluding carboxylic acids is 1. The zero-order chi connectivity index (χ0) is 24.6. The van der Waals surface area contributed by atoms with Crippen molar-refractivity contribution in [3.63, 3.8) is 0 Å². The van der Waals surface area contributed by atoms with Gasteiger partial charge in [-0.05, 0) is 43.5 Å². The lowest BCUT2D eigenvalue weighted by atomic mass is 10.2. The van der Waals surface area contributed by atoms with E-state index >= 15 is 0 Å². The fourth-order valence-corrected chi connectivity index (χ4v) is 4.26. The van der Waals surface area contributed by atoms with Crippen molar-refractivity contribution in [2.45, 2.75) is 43.6 Å². The highest BCUT2D eigenvalue weighted by atomic mass is 32.2. The molecule has 1 amide bonds. The Bertz CT molecular complexity index is 1130. The Morgan fingerprint density at radius 3 is 2.76 bits per heavy atom. The van der Waals surface area contributed by atoms with E-state index in [9.17, 15) is 18.5 Å². The predicted octanol–water partition coefficient (Wildman–Crippen LogP) is 2.92. The maximum absolute atomic E-state index is 12.5. The molecule has 34 heavy (non-hydrogen) atoms. The number of sulfonamides is 1. The molecule has 2 heterocycles. The second-order valence-electron chi connectivity index (χ2n) is 7.71. The number of rotatable bonds is 10. The van der Waals surface area contributed by atoms with E-state index in [1.165, 1.54) is 25.4 Å². The summed E-state index contributed by atoms with van der Waals surface area (Å²) >= 11 is 0. The molecule has 0 radical (unpaired) electrons. The zero-order valence-electron chi connectivity index (χ0n) is 19.2. The smallest absolute Gasteiger partial charge is 0.415 e. The minimum Gasteiger partial charge on any atom is -0.449 e. The molecule has 0 spiro atoms. The molecule has 11 nitrogen and oxygen atoms in total. The summed E-state index contributed by atoms with van der Waals surface area (Å²) in [5.41, 5.74) is 0.640. The third-order valence-corrected chi connectivity index (χ3v) is 6.59. The van der Waals surface area contributed by atoms with Gasteiger partial charge in [-0.1, -0.05) is 13.3 Å². The van der Waals surface area contributed by atoms with E-state index in [0.29, 0.717) is 12.3 Å². The second kappa shape index (κ2) is 11.7. The van der Waals surface area contributed by atoms with Gasteiger partial charge in [0.15, 0.2) is 5.82 Å². The van der Waals surface area contributed by atoms with Crippen LogP contribution in [0.1, 0.15) is 38.2 Å². The number of nitrogens with zero attached hydrogens (tertiary/aromatic N) is 4. The number of aromatic nitrogens is 2. The van der Waals surface area contributed by atoms with E-state index in [0.717, 1.165) is 30.6 Å². The van der Waals surface area contributed by atoms with Crippen molar-refractivity contribution in [1.82, 2.24) is 14.7 Å². The highest BCUT2D eigenvalue weighted by Gasteiger charge is 2.21. The van der Waals surface area contributed by atoms with Gasteiger partial charge < -0.3 is 14.8 Å². The second-order valence-corrected chi connectivity index (χ2v) is 9.47. The third-order valence-electron chi connectivity index (χ3n) is 5.15. The van der Waals surface area contributed by atoms with Crippen LogP contribution in [0.15, 0.2) is 35.4 Å². The monoisotopic (exact) mass is 488 g/mol. The number of amides is 1. The minimum atomic E-state index is -3.67. The molecule has 3 rings (SSSR count). The van der Waals surface area contributed by atoms with Gasteiger partial charge in [0.1, 0.15) is 11.6 Å². The normalized spacial score (nSPS) is 15.5. The van der Waals surface area contributed by atoms with Crippen LogP contribution in [0.25, 0.3) is 0 Å². The fraction of sp³-hybridized carbons (Fsp3) is 0.455. The molecular weight excluding hydrogens is 460 g/mol. The lowest BCUT2D eigenvalue weighted by molar-refractivity contribution is 0.114. The summed E-state index contributed by atoms with van der Waals surface area (Å²) in [7, 11) is -2.20. The van der Waals surface area contributed by atoms with Gasteiger partial charge in [-0.2, -0.15) is 10.2 Å². The van der Waals surface area contributed by atoms with Crippen LogP contribution in [0, 0.1) is 11.3 Å². The Kier molecular flexibility index (Phi) is 8.75. The summed E-state index contributed by atoms with van der Waals surface area (Å²) in [6, 6.07) is 8.03. The molecule has 1 atom stereocenters. The molecule has 1 saturated heterocycles. The molecule has 0 saturated carbocycles. The van der Waals surface area contributed by atoms with Crippen LogP contribution in [0.5, 0.6) is 0 Å². The van der Waals surface area contributed by atoms with Crippen LogP contribution in [0.3, 0.4) is 0 Å². The number of anilines is 3. The standard InChI is InChI=1S/C22H28N6O5S/c1-3-4-11-33-22(29)28(2)20-16(13-23)14-24-21(27-20)26-17-7-9-19(10-8-17)34(30,31)25-15-18-6-5-12-32-18/h7-10,14,18,25H,3-6,11-12,15H2,1-2H3,(H,24,26,27). The number of hydrogen-bond acceptors (Lipinski definition) is 9. The molecule has 182 valence electrons. The topological polar surface area (TPSA) is 147 Å². The Labute approximate surface area is 199 Å². The maximum Gasteiger partial charge on any atom is 0.415 e. The number of hydrogen-bond donors (Lipinski definition) is 2. The van der Waals surface area contributed by atoms with Crippen LogP contribution >= 0.6 is 0 Å². The molecule has 2 N–H and O–H groups in total. The van der Waals surface area contributed by atoms with Crippen LogP contribution in [-0.4, -0.2) is 57.4 Å². The van der Waals surface area contributed by atoms with Gasteiger partial charge in [-0.25, -0.2) is 22.9 Å². The summed E-state index contributed by atoms with van der Waals surface area (Å²) in [6.07, 6.45) is 3.96. The van der Waals surface area contributed by atoms with Gasteiger partial charge >= 0.3 is 6.09 Å². The van der Waals surface area contributed by atoms with E-state index in [4.69, 9.17) is 9.47 Å². The highest BCUT2D eigenvalue weighted by Crippen LogP contribution is 2.22. The third kappa shape index (κ3) is 6.63. The minimum absolute atomic E-state index is 0.0963. The number of ether oxygens (including phenoxy) is 2. The largest absolute Gasteiger partial charge is 0.449 e. The van der Waals surface area contributed by atoms with Gasteiger partial charge in [0.2, 0.25) is 16.0 Å². The van der Waals surface area contributed by atoms with Crippen molar-refractivity contribution in [2.24, 2.45) is 0 Å². The number of nitrogens with one attached hydrogen (secondary N) is 2. The van der Waals surface area contributed by atoms with Crippen molar-refractivity contribution in [3.8, 4) is 6.07 Å². The number of carbonyl (C=O) groups is 1.